The number of hydrogen-bond donors (Lipinski definition) is 3. The maximum atomic E-state index is 13.0. The summed E-state index contributed by atoms with van der Waals surface area (Å²) in [6, 6.07) is 0. The second-order valence-electron chi connectivity index (χ2n) is 26.6. The van der Waals surface area contributed by atoms with E-state index in [1.165, 1.54) is 167 Å². The molecule has 0 aliphatic heterocycles. The number of carbonyl (C=O) groups is 4. The minimum absolute atomic E-state index is 0.103. The van der Waals surface area contributed by atoms with E-state index in [4.69, 9.17) is 37.0 Å². The number of unbranched alkanes of at least 4 members (excludes halogenated alkanes) is 35. The van der Waals surface area contributed by atoms with Gasteiger partial charge in [0.2, 0.25) is 0 Å². The predicted molar refractivity (Wildman–Crippen MR) is 363 cm³/mol. The fraction of sp³-hybridized carbons (Fsp3) is 0.944. The van der Waals surface area contributed by atoms with Crippen molar-refractivity contribution in [1.29, 1.82) is 0 Å². The van der Waals surface area contributed by atoms with E-state index in [0.717, 1.165) is 108 Å². The van der Waals surface area contributed by atoms with Crippen molar-refractivity contribution in [1.82, 2.24) is 0 Å². The lowest BCUT2D eigenvalue weighted by atomic mass is 9.99. The van der Waals surface area contributed by atoms with E-state index in [2.05, 4.69) is 48.5 Å². The third-order valence-electron chi connectivity index (χ3n) is 17.1. The Kier molecular flexibility index (Phi) is 60.6. The molecule has 0 aromatic heterocycles. The highest BCUT2D eigenvalue weighted by molar-refractivity contribution is 7.47. The van der Waals surface area contributed by atoms with Crippen molar-refractivity contribution < 1.29 is 80.2 Å². The Morgan fingerprint density at radius 2 is 0.567 bits per heavy atom. The summed E-state index contributed by atoms with van der Waals surface area (Å²) in [5.74, 6) is 0.178. The SMILES string of the molecule is CCCCCCCCCCCC(=O)OC[C@H](COP(=O)(O)OC[C@H](O)COP(=O)(O)OC[C@@H](COC(=O)CCCCCCCCCCC(C)CC)OC(=O)CCCCCCCCCCCCCCCCCCC(C)C)OC(=O)CCCCCCCCC(C)CC. The van der Waals surface area contributed by atoms with Crippen LogP contribution in [-0.2, 0) is 65.4 Å². The maximum absolute atomic E-state index is 13.0. The summed E-state index contributed by atoms with van der Waals surface area (Å²) in [7, 11) is -9.90. The fourth-order valence-electron chi connectivity index (χ4n) is 10.7. The largest absolute Gasteiger partial charge is 0.472 e. The van der Waals surface area contributed by atoms with Gasteiger partial charge in [0.25, 0.3) is 0 Å². The van der Waals surface area contributed by atoms with Gasteiger partial charge in [0, 0.05) is 25.7 Å². The first-order valence-corrected chi connectivity index (χ1v) is 39.9. The van der Waals surface area contributed by atoms with Crippen molar-refractivity contribution in [3.05, 3.63) is 0 Å². The van der Waals surface area contributed by atoms with Crippen LogP contribution in [0.5, 0.6) is 0 Å². The highest BCUT2D eigenvalue weighted by Gasteiger charge is 2.30. The molecule has 0 rings (SSSR count). The topological polar surface area (TPSA) is 237 Å². The molecule has 19 heteroatoms. The van der Waals surface area contributed by atoms with Crippen molar-refractivity contribution in [2.24, 2.45) is 17.8 Å². The van der Waals surface area contributed by atoms with Gasteiger partial charge in [-0.3, -0.25) is 37.3 Å². The number of ether oxygens (including phenoxy) is 4. The van der Waals surface area contributed by atoms with Crippen LogP contribution in [0.2, 0.25) is 0 Å². The molecule has 3 N–H and O–H groups in total. The van der Waals surface area contributed by atoms with Crippen LogP contribution in [-0.4, -0.2) is 96.7 Å². The second kappa shape index (κ2) is 61.9. The average Bonchev–Trinajstić information content (AvgIpc) is 3.36. The first-order valence-electron chi connectivity index (χ1n) is 36.9. The van der Waals surface area contributed by atoms with E-state index in [-0.39, 0.29) is 25.7 Å². The molecule has 0 aliphatic carbocycles. The van der Waals surface area contributed by atoms with E-state index in [9.17, 15) is 43.2 Å². The number of phosphoric acid groups is 2. The zero-order chi connectivity index (χ0) is 66.6. The first kappa shape index (κ1) is 88.1. The van der Waals surface area contributed by atoms with Gasteiger partial charge in [-0.15, -0.1) is 0 Å². The van der Waals surface area contributed by atoms with Crippen LogP contribution >= 0.6 is 15.6 Å². The Bertz CT molecular complexity index is 1770. The summed E-state index contributed by atoms with van der Waals surface area (Å²) in [5.41, 5.74) is 0. The van der Waals surface area contributed by atoms with Crippen molar-refractivity contribution in [3.63, 3.8) is 0 Å². The van der Waals surface area contributed by atoms with Crippen LogP contribution in [0.15, 0.2) is 0 Å². The Balaban J connectivity index is 5.21. The summed E-state index contributed by atoms with van der Waals surface area (Å²) < 4.78 is 68.2. The molecule has 0 amide bonds. The Labute approximate surface area is 549 Å². The lowest BCUT2D eigenvalue weighted by Gasteiger charge is -2.21. The van der Waals surface area contributed by atoms with Crippen molar-refractivity contribution in [2.45, 2.75) is 375 Å². The molecule has 0 aliphatic rings. The summed E-state index contributed by atoms with van der Waals surface area (Å²) in [6.07, 6.45) is 45.9. The number of esters is 4. The molecule has 7 atom stereocenters. The molecule has 0 saturated carbocycles. The van der Waals surface area contributed by atoms with Gasteiger partial charge in [-0.2, -0.15) is 0 Å². The number of aliphatic hydroxyl groups is 1. The van der Waals surface area contributed by atoms with Crippen LogP contribution < -0.4 is 0 Å². The summed E-state index contributed by atoms with van der Waals surface area (Å²) >= 11 is 0. The van der Waals surface area contributed by atoms with Crippen LogP contribution in [0.25, 0.3) is 0 Å². The van der Waals surface area contributed by atoms with Crippen LogP contribution in [0.1, 0.15) is 357 Å². The zero-order valence-corrected chi connectivity index (χ0v) is 60.4. The fourth-order valence-corrected chi connectivity index (χ4v) is 12.2. The average molecular weight is 1330 g/mol. The molecule has 534 valence electrons. The standard InChI is InChI=1S/C71H138O17P2/c1-8-11-12-13-14-23-30-38-45-52-68(73)81-59-67(88-71(76)55-48-41-34-33-37-44-51-64(7)10-3)61-86-90(79,80)84-57-65(72)56-83-89(77,78)85-60-66(58-82-69(74)53-46-39-31-27-26-29-36-43-50-63(6)9-2)87-70(75)54-47-40-32-25-22-20-18-16-15-17-19-21-24-28-35-42-49-62(4)5/h62-67,72H,8-61H2,1-7H3,(H,77,78)(H,79,80)/t63?,64?,65-,66-,67-/m1/s1. The van der Waals surface area contributed by atoms with Gasteiger partial charge in [0.1, 0.15) is 19.3 Å². The first-order chi connectivity index (χ1) is 43.3. The normalized spacial score (nSPS) is 14.8. The van der Waals surface area contributed by atoms with E-state index < -0.39 is 97.5 Å². The molecule has 0 spiro atoms. The van der Waals surface area contributed by atoms with Gasteiger partial charge in [-0.05, 0) is 43.4 Å². The lowest BCUT2D eigenvalue weighted by molar-refractivity contribution is -0.161. The number of rotatable bonds is 69. The molecule has 90 heavy (non-hydrogen) atoms. The number of hydrogen-bond acceptors (Lipinski definition) is 15. The Morgan fingerprint density at radius 1 is 0.322 bits per heavy atom. The highest BCUT2D eigenvalue weighted by Crippen LogP contribution is 2.45. The molecule has 0 bridgehead atoms. The molecule has 0 heterocycles. The van der Waals surface area contributed by atoms with E-state index in [0.29, 0.717) is 25.7 Å². The molecule has 0 fully saturated rings. The van der Waals surface area contributed by atoms with Crippen LogP contribution in [0.4, 0.5) is 0 Å². The predicted octanol–water partition coefficient (Wildman–Crippen LogP) is 20.2. The third-order valence-corrected chi connectivity index (χ3v) is 19.0. The second-order valence-corrected chi connectivity index (χ2v) is 29.5. The van der Waals surface area contributed by atoms with E-state index in [1.807, 2.05) is 0 Å². The molecule has 0 saturated heterocycles. The monoisotopic (exact) mass is 1320 g/mol. The quantitative estimate of drug-likeness (QED) is 0.0222. The van der Waals surface area contributed by atoms with Crippen LogP contribution in [0, 0.1) is 17.8 Å². The van der Waals surface area contributed by atoms with Gasteiger partial charge >= 0.3 is 39.5 Å². The number of aliphatic hydroxyl groups excluding tert-OH is 1. The zero-order valence-electron chi connectivity index (χ0n) is 58.6. The lowest BCUT2D eigenvalue weighted by Crippen LogP contribution is -2.30. The smallest absolute Gasteiger partial charge is 0.462 e. The molecular weight excluding hydrogens is 1190 g/mol. The number of carbonyl (C=O) groups excluding carboxylic acids is 4. The maximum Gasteiger partial charge on any atom is 0.472 e. The molecule has 0 radical (unpaired) electrons. The highest BCUT2D eigenvalue weighted by atomic mass is 31.2. The Morgan fingerprint density at radius 3 is 0.844 bits per heavy atom. The Hall–Kier alpha value is -1.94. The molecule has 4 unspecified atom stereocenters. The third kappa shape index (κ3) is 62.2. The van der Waals surface area contributed by atoms with Crippen molar-refractivity contribution >= 4 is 39.5 Å². The van der Waals surface area contributed by atoms with Crippen LogP contribution in [0.3, 0.4) is 0 Å². The summed E-state index contributed by atoms with van der Waals surface area (Å²) in [5, 5.41) is 10.6. The molecule has 17 nitrogen and oxygen atoms in total. The van der Waals surface area contributed by atoms with Gasteiger partial charge in [-0.25, -0.2) is 9.13 Å². The van der Waals surface area contributed by atoms with E-state index in [1.54, 1.807) is 0 Å². The summed E-state index contributed by atoms with van der Waals surface area (Å²) in [4.78, 5) is 72.5. The molecular formula is C71H138O17P2. The minimum Gasteiger partial charge on any atom is -0.462 e. The number of phosphoric ester groups is 2. The van der Waals surface area contributed by atoms with E-state index >= 15 is 0 Å². The van der Waals surface area contributed by atoms with Gasteiger partial charge < -0.3 is 33.8 Å². The van der Waals surface area contributed by atoms with Gasteiger partial charge in [0.05, 0.1) is 26.4 Å². The molecule has 0 aromatic carbocycles. The van der Waals surface area contributed by atoms with Crippen molar-refractivity contribution in [2.75, 3.05) is 39.6 Å². The minimum atomic E-state index is -4.95. The molecule has 0 aromatic rings. The van der Waals surface area contributed by atoms with Gasteiger partial charge in [-0.1, -0.05) is 305 Å². The van der Waals surface area contributed by atoms with Gasteiger partial charge in [0.15, 0.2) is 12.2 Å². The van der Waals surface area contributed by atoms with Crippen molar-refractivity contribution in [3.8, 4) is 0 Å². The summed E-state index contributed by atoms with van der Waals surface area (Å²) in [6.45, 7) is 11.8.